The molecule has 2 amide bonds. The summed E-state index contributed by atoms with van der Waals surface area (Å²) in [5, 5.41) is 15.6. The Bertz CT molecular complexity index is 1500. The Morgan fingerprint density at radius 2 is 1.76 bits per heavy atom. The minimum absolute atomic E-state index is 0.0131. The predicted molar refractivity (Wildman–Crippen MR) is 135 cm³/mol. The van der Waals surface area contributed by atoms with Gasteiger partial charge in [-0.2, -0.15) is 0 Å². The van der Waals surface area contributed by atoms with E-state index in [0.29, 0.717) is 28.3 Å². The van der Waals surface area contributed by atoms with Crippen molar-refractivity contribution >= 4 is 17.5 Å². The molecule has 2 aromatic heterocycles. The smallest absolute Gasteiger partial charge is 0.294 e. The first-order valence-electron chi connectivity index (χ1n) is 11.1. The molecule has 11 nitrogen and oxygen atoms in total. The summed E-state index contributed by atoms with van der Waals surface area (Å²) in [6.45, 7) is 0.0131. The first-order valence-corrected chi connectivity index (χ1v) is 11.1. The lowest BCUT2D eigenvalue weighted by Gasteiger charge is -2.14. The minimum atomic E-state index is -0.917. The quantitative estimate of drug-likeness (QED) is 0.287. The summed E-state index contributed by atoms with van der Waals surface area (Å²) >= 11 is 0. The number of aromatic amines is 1. The number of rotatable bonds is 8. The van der Waals surface area contributed by atoms with Gasteiger partial charge in [0, 0.05) is 23.9 Å². The maximum atomic E-state index is 12.9. The molecule has 2 heterocycles. The van der Waals surface area contributed by atoms with Gasteiger partial charge in [-0.1, -0.05) is 30.3 Å². The zero-order valence-electron chi connectivity index (χ0n) is 19.9. The molecule has 0 aliphatic heterocycles. The highest BCUT2D eigenvalue weighted by Crippen LogP contribution is 2.31. The summed E-state index contributed by atoms with van der Waals surface area (Å²) in [5.41, 5.74) is 0.0538. The molecule has 0 radical (unpaired) electrons. The molecule has 0 aliphatic carbocycles. The number of carbonyl (C=O) groups excluding carboxylic acids is 2. The highest BCUT2D eigenvalue weighted by Gasteiger charge is 2.21. The van der Waals surface area contributed by atoms with Gasteiger partial charge in [0.2, 0.25) is 5.75 Å². The molecule has 0 fully saturated rings. The molecule has 188 valence electrons. The third kappa shape index (κ3) is 5.40. The summed E-state index contributed by atoms with van der Waals surface area (Å²) in [5.74, 6) is -1.20. The van der Waals surface area contributed by atoms with Crippen LogP contribution in [0.5, 0.6) is 17.2 Å². The Balaban J connectivity index is 1.62. The van der Waals surface area contributed by atoms with Crippen molar-refractivity contribution in [1.82, 2.24) is 20.3 Å². The number of ether oxygens (including phenoxy) is 2. The first-order chi connectivity index (χ1) is 17.9. The lowest BCUT2D eigenvalue weighted by atomic mass is 10.1. The largest absolute Gasteiger partial charge is 0.501 e. The highest BCUT2D eigenvalue weighted by molar-refractivity contribution is 6.04. The van der Waals surface area contributed by atoms with Crippen molar-refractivity contribution in [3.05, 3.63) is 94.2 Å². The highest BCUT2D eigenvalue weighted by atomic mass is 16.5. The third-order valence-corrected chi connectivity index (χ3v) is 5.36. The number of hydrogen-bond donors (Lipinski definition) is 4. The molecule has 0 saturated carbocycles. The van der Waals surface area contributed by atoms with Crippen molar-refractivity contribution in [3.8, 4) is 28.6 Å². The number of aromatic hydroxyl groups is 1. The maximum absolute atomic E-state index is 12.9. The second-order valence-corrected chi connectivity index (χ2v) is 7.66. The van der Waals surface area contributed by atoms with E-state index >= 15 is 0 Å². The van der Waals surface area contributed by atoms with E-state index in [1.165, 1.54) is 20.4 Å². The number of H-pyrrole nitrogens is 1. The molecule has 0 aliphatic rings. The number of para-hydroxylation sites is 2. The van der Waals surface area contributed by atoms with E-state index in [0.717, 1.165) is 0 Å². The van der Waals surface area contributed by atoms with Gasteiger partial charge in [0.1, 0.15) is 11.5 Å². The number of benzene rings is 2. The van der Waals surface area contributed by atoms with Crippen molar-refractivity contribution in [2.75, 3.05) is 19.5 Å². The van der Waals surface area contributed by atoms with Gasteiger partial charge < -0.3 is 30.2 Å². The van der Waals surface area contributed by atoms with Crippen LogP contribution in [-0.4, -0.2) is 46.1 Å². The normalized spacial score (nSPS) is 10.4. The van der Waals surface area contributed by atoms with Gasteiger partial charge in [-0.3, -0.25) is 19.4 Å². The van der Waals surface area contributed by atoms with Crippen molar-refractivity contribution in [1.29, 1.82) is 0 Å². The average Bonchev–Trinajstić information content (AvgIpc) is 2.93. The van der Waals surface area contributed by atoms with Crippen LogP contribution in [0.15, 0.2) is 71.7 Å². The van der Waals surface area contributed by atoms with Crippen LogP contribution in [0.2, 0.25) is 0 Å². The van der Waals surface area contributed by atoms with Gasteiger partial charge in [-0.25, -0.2) is 4.98 Å². The number of anilines is 1. The number of aromatic nitrogens is 3. The topological polar surface area (TPSA) is 156 Å². The molecule has 37 heavy (non-hydrogen) atoms. The summed E-state index contributed by atoms with van der Waals surface area (Å²) in [4.78, 5) is 48.7. The lowest BCUT2D eigenvalue weighted by molar-refractivity contribution is 0.0941. The molecule has 0 saturated heterocycles. The van der Waals surface area contributed by atoms with Gasteiger partial charge in [-0.15, -0.1) is 0 Å². The first kappa shape index (κ1) is 24.9. The zero-order chi connectivity index (χ0) is 26.4. The van der Waals surface area contributed by atoms with E-state index in [4.69, 9.17) is 9.47 Å². The van der Waals surface area contributed by atoms with Gasteiger partial charge in [0.25, 0.3) is 17.4 Å². The van der Waals surface area contributed by atoms with Crippen molar-refractivity contribution < 1.29 is 24.2 Å². The standard InChI is InChI=1S/C26H23N5O6/c1-36-19-12-7-8-15(22(19)37-2)14-28-25(34)20-21(32)26(35)31-23(30-20)16-9-3-4-10-17(16)29-24(33)18-11-5-6-13-27-18/h3-13,32H,14H2,1-2H3,(H,28,34)(H,29,33)(H,30,31,35). The Labute approximate surface area is 211 Å². The zero-order valence-corrected chi connectivity index (χ0v) is 19.9. The fourth-order valence-corrected chi connectivity index (χ4v) is 3.59. The summed E-state index contributed by atoms with van der Waals surface area (Å²) in [6, 6.07) is 16.7. The van der Waals surface area contributed by atoms with Crippen LogP contribution >= 0.6 is 0 Å². The number of methoxy groups -OCH3 is 2. The molecule has 11 heteroatoms. The Morgan fingerprint density at radius 3 is 2.49 bits per heavy atom. The van der Waals surface area contributed by atoms with Crippen LogP contribution in [0.4, 0.5) is 5.69 Å². The molecule has 4 N–H and O–H groups in total. The number of hydrogen-bond acceptors (Lipinski definition) is 8. The van der Waals surface area contributed by atoms with Gasteiger partial charge in [-0.05, 0) is 30.3 Å². The fraction of sp³-hybridized carbons (Fsp3) is 0.115. The molecule has 0 atom stereocenters. The molecular formula is C26H23N5O6. The predicted octanol–water partition coefficient (Wildman–Crippen LogP) is 2.74. The molecule has 2 aromatic carbocycles. The van der Waals surface area contributed by atoms with E-state index < -0.39 is 28.8 Å². The Morgan fingerprint density at radius 1 is 0.973 bits per heavy atom. The molecule has 0 unspecified atom stereocenters. The van der Waals surface area contributed by atoms with Crippen LogP contribution in [0.25, 0.3) is 11.4 Å². The number of carbonyl (C=O) groups is 2. The van der Waals surface area contributed by atoms with E-state index in [9.17, 15) is 19.5 Å². The van der Waals surface area contributed by atoms with Gasteiger partial charge in [0.15, 0.2) is 17.2 Å². The number of nitrogens with one attached hydrogen (secondary N) is 3. The van der Waals surface area contributed by atoms with Crippen LogP contribution in [0.1, 0.15) is 26.5 Å². The number of pyridine rings is 1. The van der Waals surface area contributed by atoms with Crippen LogP contribution in [0, 0.1) is 0 Å². The maximum Gasteiger partial charge on any atom is 0.294 e. The van der Waals surface area contributed by atoms with Crippen LogP contribution < -0.4 is 25.7 Å². The molecule has 4 aromatic rings. The fourth-order valence-electron chi connectivity index (χ4n) is 3.59. The van der Waals surface area contributed by atoms with E-state index in [2.05, 4.69) is 25.6 Å². The monoisotopic (exact) mass is 501 g/mol. The SMILES string of the molecule is COc1cccc(CNC(=O)c2nc(-c3ccccc3NC(=O)c3ccccn3)[nH]c(=O)c2O)c1OC. The molecule has 4 rings (SSSR count). The van der Waals surface area contributed by atoms with Crippen LogP contribution in [-0.2, 0) is 6.54 Å². The minimum Gasteiger partial charge on any atom is -0.501 e. The van der Waals surface area contributed by atoms with Crippen molar-refractivity contribution in [2.45, 2.75) is 6.54 Å². The van der Waals surface area contributed by atoms with Crippen molar-refractivity contribution in [3.63, 3.8) is 0 Å². The third-order valence-electron chi connectivity index (χ3n) is 5.36. The summed E-state index contributed by atoms with van der Waals surface area (Å²) in [6.07, 6.45) is 1.49. The Hall–Kier alpha value is -5.19. The molecule has 0 spiro atoms. The average molecular weight is 501 g/mol. The van der Waals surface area contributed by atoms with E-state index in [-0.39, 0.29) is 18.1 Å². The summed E-state index contributed by atoms with van der Waals surface area (Å²) in [7, 11) is 2.97. The second kappa shape index (κ2) is 11.0. The summed E-state index contributed by atoms with van der Waals surface area (Å²) < 4.78 is 10.6. The molecular weight excluding hydrogens is 478 g/mol. The Kier molecular flexibility index (Phi) is 7.43. The number of amides is 2. The van der Waals surface area contributed by atoms with E-state index in [1.807, 2.05) is 0 Å². The van der Waals surface area contributed by atoms with Crippen molar-refractivity contribution in [2.24, 2.45) is 0 Å². The second-order valence-electron chi connectivity index (χ2n) is 7.66. The molecule has 0 bridgehead atoms. The van der Waals surface area contributed by atoms with E-state index in [1.54, 1.807) is 60.7 Å². The lowest BCUT2D eigenvalue weighted by Crippen LogP contribution is -2.27. The van der Waals surface area contributed by atoms with Gasteiger partial charge in [0.05, 0.1) is 19.9 Å². The van der Waals surface area contributed by atoms with Gasteiger partial charge >= 0.3 is 0 Å². The van der Waals surface area contributed by atoms with Crippen LogP contribution in [0.3, 0.4) is 0 Å². The number of nitrogens with zero attached hydrogens (tertiary/aromatic N) is 2.